The van der Waals surface area contributed by atoms with E-state index >= 15 is 0 Å². The van der Waals surface area contributed by atoms with Crippen LogP contribution in [0.5, 0.6) is 0 Å². The van der Waals surface area contributed by atoms with Crippen molar-refractivity contribution >= 4 is 5.91 Å². The van der Waals surface area contributed by atoms with Gasteiger partial charge in [0.05, 0.1) is 18.7 Å². The lowest BCUT2D eigenvalue weighted by atomic mass is 9.75. The molecule has 28 heavy (non-hydrogen) atoms. The summed E-state index contributed by atoms with van der Waals surface area (Å²) in [6, 6.07) is 13.9. The molecule has 0 radical (unpaired) electrons. The zero-order valence-electron chi connectivity index (χ0n) is 15.2. The zero-order valence-corrected chi connectivity index (χ0v) is 15.2. The van der Waals surface area contributed by atoms with Gasteiger partial charge in [-0.05, 0) is 48.7 Å². The maximum Gasteiger partial charge on any atom is 0.255 e. The van der Waals surface area contributed by atoms with E-state index in [-0.39, 0.29) is 18.1 Å². The zero-order chi connectivity index (χ0) is 19.7. The van der Waals surface area contributed by atoms with E-state index < -0.39 is 23.8 Å². The van der Waals surface area contributed by atoms with Gasteiger partial charge in [0.25, 0.3) is 5.91 Å². The minimum absolute atomic E-state index is 0.169. The van der Waals surface area contributed by atoms with E-state index in [2.05, 4.69) is 17.9 Å². The average Bonchev–Trinajstić information content (AvgIpc) is 3.52. The largest absolute Gasteiger partial charge is 0.394 e. The van der Waals surface area contributed by atoms with Gasteiger partial charge in [-0.2, -0.15) is 5.26 Å². The van der Waals surface area contributed by atoms with Crippen LogP contribution in [-0.2, 0) is 0 Å². The fraction of sp³-hybridized carbons (Fsp3) is 0.304. The van der Waals surface area contributed by atoms with Crippen molar-refractivity contribution in [1.29, 1.82) is 5.26 Å². The third kappa shape index (κ3) is 3.38. The predicted molar refractivity (Wildman–Crippen MR) is 102 cm³/mol. The minimum Gasteiger partial charge on any atom is -0.394 e. The summed E-state index contributed by atoms with van der Waals surface area (Å²) in [5.41, 5.74) is 1.96. The van der Waals surface area contributed by atoms with Crippen LogP contribution in [0.4, 0.5) is 4.39 Å². The molecule has 2 aromatic carbocycles. The molecular formula is C23H19FN2O2. The lowest BCUT2D eigenvalue weighted by Gasteiger charge is -2.51. The average molecular weight is 374 g/mol. The Hall–Kier alpha value is -3.15. The number of rotatable bonds is 3. The predicted octanol–water partition coefficient (Wildman–Crippen LogP) is 3.08. The Kier molecular flexibility index (Phi) is 4.86. The second-order valence-electron chi connectivity index (χ2n) is 7.24. The molecule has 1 amide bonds. The fourth-order valence-corrected chi connectivity index (χ4v) is 3.66. The molecular weight excluding hydrogens is 355 g/mol. The van der Waals surface area contributed by atoms with Crippen LogP contribution >= 0.6 is 0 Å². The van der Waals surface area contributed by atoms with Gasteiger partial charge in [-0.3, -0.25) is 4.79 Å². The second kappa shape index (κ2) is 7.46. The Labute approximate surface area is 163 Å². The maximum atomic E-state index is 13.5. The normalized spacial score (nSPS) is 23.2. The minimum atomic E-state index is -0.712. The Morgan fingerprint density at radius 3 is 2.57 bits per heavy atom. The Morgan fingerprint density at radius 2 is 1.96 bits per heavy atom. The summed E-state index contributed by atoms with van der Waals surface area (Å²) in [6.07, 6.45) is 2.34. The highest BCUT2D eigenvalue weighted by atomic mass is 19.1. The van der Waals surface area contributed by atoms with Crippen molar-refractivity contribution in [3.05, 3.63) is 71.0 Å². The molecule has 0 unspecified atom stereocenters. The second-order valence-corrected chi connectivity index (χ2v) is 7.24. The number of benzene rings is 2. The molecule has 2 fully saturated rings. The number of halogens is 1. The van der Waals surface area contributed by atoms with Crippen molar-refractivity contribution in [2.45, 2.75) is 30.8 Å². The molecule has 2 aliphatic rings. The van der Waals surface area contributed by atoms with Gasteiger partial charge < -0.3 is 10.0 Å². The third-order valence-corrected chi connectivity index (χ3v) is 5.33. The Balaban J connectivity index is 1.56. The van der Waals surface area contributed by atoms with Gasteiger partial charge in [0.1, 0.15) is 11.9 Å². The van der Waals surface area contributed by atoms with Crippen LogP contribution in [0.1, 0.15) is 40.2 Å². The van der Waals surface area contributed by atoms with E-state index in [0.29, 0.717) is 5.92 Å². The Bertz CT molecular complexity index is 996. The molecule has 0 bridgehead atoms. The fourth-order valence-electron chi connectivity index (χ4n) is 3.66. The summed E-state index contributed by atoms with van der Waals surface area (Å²) in [4.78, 5) is 14.1. The number of aliphatic hydroxyl groups is 1. The van der Waals surface area contributed by atoms with Crippen LogP contribution < -0.4 is 0 Å². The van der Waals surface area contributed by atoms with Gasteiger partial charge >= 0.3 is 0 Å². The number of likely N-dealkylation sites (tertiary alicyclic amines) is 1. The van der Waals surface area contributed by atoms with E-state index in [1.165, 1.54) is 35.9 Å². The van der Waals surface area contributed by atoms with E-state index in [1.54, 1.807) is 0 Å². The summed E-state index contributed by atoms with van der Waals surface area (Å²) < 4.78 is 13.5. The van der Waals surface area contributed by atoms with Gasteiger partial charge in [0, 0.05) is 23.0 Å². The molecule has 2 aromatic rings. The molecule has 0 aromatic heterocycles. The highest BCUT2D eigenvalue weighted by molar-refractivity contribution is 5.95. The summed E-state index contributed by atoms with van der Waals surface area (Å²) in [7, 11) is 0. The van der Waals surface area contributed by atoms with Crippen LogP contribution in [0, 0.1) is 34.9 Å². The first-order valence-electron chi connectivity index (χ1n) is 9.32. The first kappa shape index (κ1) is 18.2. The van der Waals surface area contributed by atoms with Gasteiger partial charge in [0.15, 0.2) is 0 Å². The van der Waals surface area contributed by atoms with Crippen molar-refractivity contribution in [2.24, 2.45) is 5.92 Å². The first-order chi connectivity index (χ1) is 13.6. The summed E-state index contributed by atoms with van der Waals surface area (Å²) >= 11 is 0. The Morgan fingerprint density at radius 1 is 1.21 bits per heavy atom. The van der Waals surface area contributed by atoms with Crippen molar-refractivity contribution in [3.63, 3.8) is 0 Å². The van der Waals surface area contributed by atoms with Crippen LogP contribution in [0.3, 0.4) is 0 Å². The molecule has 0 spiro atoms. The monoisotopic (exact) mass is 374 g/mol. The number of hydrogen-bond donors (Lipinski definition) is 1. The molecule has 5 heteroatoms. The molecule has 1 heterocycles. The molecule has 3 atom stereocenters. The van der Waals surface area contributed by atoms with Crippen molar-refractivity contribution < 1.29 is 14.3 Å². The quantitative estimate of drug-likeness (QED) is 0.840. The van der Waals surface area contributed by atoms with Gasteiger partial charge in [-0.25, -0.2) is 4.39 Å². The van der Waals surface area contributed by atoms with E-state index in [4.69, 9.17) is 0 Å². The molecule has 1 aliphatic carbocycles. The number of hydrogen-bond acceptors (Lipinski definition) is 3. The van der Waals surface area contributed by atoms with Crippen molar-refractivity contribution in [1.82, 2.24) is 4.90 Å². The number of nitrogens with zero attached hydrogens (tertiary/aromatic N) is 2. The maximum absolute atomic E-state index is 13.5. The van der Waals surface area contributed by atoms with Crippen molar-refractivity contribution in [3.8, 4) is 17.9 Å². The highest BCUT2D eigenvalue weighted by Gasteiger charge is 2.51. The lowest BCUT2D eigenvalue weighted by molar-refractivity contribution is -0.00588. The molecule has 1 saturated carbocycles. The molecule has 1 aliphatic heterocycles. The number of nitriles is 1. The molecule has 1 N–H and O–H groups in total. The van der Waals surface area contributed by atoms with Crippen LogP contribution in [0.2, 0.25) is 0 Å². The third-order valence-electron chi connectivity index (χ3n) is 5.33. The summed E-state index contributed by atoms with van der Waals surface area (Å²) in [5, 5.41) is 19.5. The van der Waals surface area contributed by atoms with Crippen LogP contribution in [0.15, 0.2) is 48.5 Å². The van der Waals surface area contributed by atoms with Crippen LogP contribution in [0.25, 0.3) is 0 Å². The first-order valence-corrected chi connectivity index (χ1v) is 9.32. The van der Waals surface area contributed by atoms with Crippen molar-refractivity contribution in [2.75, 3.05) is 6.61 Å². The van der Waals surface area contributed by atoms with Gasteiger partial charge in [-0.1, -0.05) is 30.0 Å². The highest BCUT2D eigenvalue weighted by Crippen LogP contribution is 2.41. The van der Waals surface area contributed by atoms with E-state index in [0.717, 1.165) is 17.2 Å². The van der Waals surface area contributed by atoms with E-state index in [1.807, 2.05) is 24.3 Å². The SMILES string of the molecule is N#C[C@H]1[C@@H](c2ccc(C#CC3CC3)cc2)[C@@H](CO)N1C(=O)c1cccc(F)c1. The number of aliphatic hydroxyl groups excluding tert-OH is 1. The van der Waals surface area contributed by atoms with E-state index in [9.17, 15) is 19.6 Å². The number of amides is 1. The topological polar surface area (TPSA) is 64.3 Å². The molecule has 4 nitrogen and oxygen atoms in total. The summed E-state index contributed by atoms with van der Waals surface area (Å²) in [6.45, 7) is -0.271. The van der Waals surface area contributed by atoms with Crippen LogP contribution in [-0.4, -0.2) is 34.6 Å². The van der Waals surface area contributed by atoms with Gasteiger partial charge in [0.2, 0.25) is 0 Å². The standard InChI is InChI=1S/C23H19FN2O2/c24-19-3-1-2-18(12-19)23(28)26-20(13-25)22(21(26)14-27)17-10-8-16(9-11-17)7-6-15-4-5-15/h1-3,8-12,15,20-22,27H,4-5,14H2/t20-,21+,22+/m0/s1. The molecule has 140 valence electrons. The smallest absolute Gasteiger partial charge is 0.255 e. The van der Waals surface area contributed by atoms with Gasteiger partial charge in [-0.15, -0.1) is 0 Å². The number of carbonyl (C=O) groups is 1. The molecule has 4 rings (SSSR count). The summed E-state index contributed by atoms with van der Waals surface area (Å²) in [5.74, 6) is 5.62. The number of carbonyl (C=O) groups excluding carboxylic acids is 1. The lowest BCUT2D eigenvalue weighted by Crippen LogP contribution is -2.65. The molecule has 1 saturated heterocycles.